The minimum atomic E-state index is -1.02. The second-order valence-corrected chi connectivity index (χ2v) is 7.18. The van der Waals surface area contributed by atoms with Crippen LogP contribution in [0, 0.1) is 5.92 Å². The van der Waals surface area contributed by atoms with Gasteiger partial charge in [0.2, 0.25) is 0 Å². The molecular formula is C19H41NO3. The van der Waals surface area contributed by atoms with Crippen molar-refractivity contribution in [3.8, 4) is 0 Å². The van der Waals surface area contributed by atoms with Crippen molar-refractivity contribution in [2.75, 3.05) is 6.61 Å². The number of nitrogens with two attached hydrogens (primary N) is 1. The number of hydrogen-bond acceptors (Lipinski definition) is 4. The Hall–Kier alpha value is -0.160. The van der Waals surface area contributed by atoms with Gasteiger partial charge in [-0.3, -0.25) is 0 Å². The van der Waals surface area contributed by atoms with Gasteiger partial charge in [-0.15, -0.1) is 0 Å². The second-order valence-electron chi connectivity index (χ2n) is 7.18. The van der Waals surface area contributed by atoms with E-state index in [-0.39, 0.29) is 6.61 Å². The van der Waals surface area contributed by atoms with E-state index in [2.05, 4.69) is 13.8 Å². The summed E-state index contributed by atoms with van der Waals surface area (Å²) in [6.07, 6.45) is 12.6. The van der Waals surface area contributed by atoms with Gasteiger partial charge in [-0.05, 0) is 12.3 Å². The SMILES string of the molecule is CCC(C)CCCCCCCCCCCC(O)C(O)C(N)CO. The van der Waals surface area contributed by atoms with Crippen LogP contribution in [-0.2, 0) is 0 Å². The van der Waals surface area contributed by atoms with Gasteiger partial charge in [0.15, 0.2) is 0 Å². The molecule has 0 rings (SSSR count). The molecule has 4 unspecified atom stereocenters. The van der Waals surface area contributed by atoms with E-state index in [4.69, 9.17) is 10.8 Å². The van der Waals surface area contributed by atoms with Crippen LogP contribution < -0.4 is 5.73 Å². The zero-order valence-corrected chi connectivity index (χ0v) is 15.4. The molecule has 0 aromatic carbocycles. The summed E-state index contributed by atoms with van der Waals surface area (Å²) in [5, 5.41) is 28.2. The molecule has 0 aromatic rings. The molecule has 4 nitrogen and oxygen atoms in total. The quantitative estimate of drug-likeness (QED) is 0.327. The van der Waals surface area contributed by atoms with Crippen molar-refractivity contribution in [2.24, 2.45) is 11.7 Å². The van der Waals surface area contributed by atoms with Gasteiger partial charge in [0.05, 0.1) is 24.9 Å². The number of unbranched alkanes of at least 4 members (excludes halogenated alkanes) is 8. The van der Waals surface area contributed by atoms with Crippen molar-refractivity contribution in [3.05, 3.63) is 0 Å². The summed E-state index contributed by atoms with van der Waals surface area (Å²) in [5.74, 6) is 0.885. The van der Waals surface area contributed by atoms with Crippen LogP contribution in [0.5, 0.6) is 0 Å². The molecule has 0 fully saturated rings. The Morgan fingerprint density at radius 1 is 0.783 bits per heavy atom. The van der Waals surface area contributed by atoms with Crippen LogP contribution in [0.2, 0.25) is 0 Å². The van der Waals surface area contributed by atoms with Crippen molar-refractivity contribution in [3.63, 3.8) is 0 Å². The van der Waals surface area contributed by atoms with Gasteiger partial charge < -0.3 is 21.1 Å². The monoisotopic (exact) mass is 331 g/mol. The zero-order valence-electron chi connectivity index (χ0n) is 15.4. The number of aliphatic hydroxyl groups is 3. The lowest BCUT2D eigenvalue weighted by molar-refractivity contribution is -0.0121. The normalized spacial score (nSPS) is 17.0. The van der Waals surface area contributed by atoms with E-state index >= 15 is 0 Å². The maximum atomic E-state index is 9.76. The van der Waals surface area contributed by atoms with Crippen LogP contribution in [0.1, 0.15) is 90.9 Å². The highest BCUT2D eigenvalue weighted by Gasteiger charge is 2.22. The van der Waals surface area contributed by atoms with Gasteiger partial charge in [0.25, 0.3) is 0 Å². The third kappa shape index (κ3) is 12.9. The minimum Gasteiger partial charge on any atom is -0.395 e. The Labute approximate surface area is 143 Å². The summed E-state index contributed by atoms with van der Waals surface area (Å²) < 4.78 is 0. The average Bonchev–Trinajstić information content (AvgIpc) is 2.57. The lowest BCUT2D eigenvalue weighted by atomic mass is 9.99. The number of rotatable bonds is 16. The molecule has 0 radical (unpaired) electrons. The first-order chi connectivity index (χ1) is 11.0. The lowest BCUT2D eigenvalue weighted by Gasteiger charge is -2.22. The van der Waals surface area contributed by atoms with Crippen molar-refractivity contribution < 1.29 is 15.3 Å². The molecule has 140 valence electrons. The molecule has 0 spiro atoms. The van der Waals surface area contributed by atoms with Crippen molar-refractivity contribution in [1.82, 2.24) is 0 Å². The third-order valence-corrected chi connectivity index (χ3v) is 4.94. The van der Waals surface area contributed by atoms with Gasteiger partial charge in [-0.1, -0.05) is 84.5 Å². The molecule has 0 aliphatic heterocycles. The standard InChI is InChI=1S/C19H41NO3/c1-3-16(2)13-11-9-7-5-4-6-8-10-12-14-18(22)19(23)17(20)15-21/h16-19,21-23H,3-15,20H2,1-2H3. The molecular weight excluding hydrogens is 290 g/mol. The average molecular weight is 332 g/mol. The first-order valence-corrected chi connectivity index (χ1v) is 9.75. The molecule has 0 amide bonds. The van der Waals surface area contributed by atoms with Crippen molar-refractivity contribution >= 4 is 0 Å². The molecule has 5 N–H and O–H groups in total. The van der Waals surface area contributed by atoms with Crippen LogP contribution in [-0.4, -0.2) is 40.2 Å². The summed E-state index contributed by atoms with van der Waals surface area (Å²) in [5.41, 5.74) is 5.50. The van der Waals surface area contributed by atoms with Crippen LogP contribution in [0.3, 0.4) is 0 Å². The third-order valence-electron chi connectivity index (χ3n) is 4.94. The van der Waals surface area contributed by atoms with E-state index in [1.54, 1.807) is 0 Å². The van der Waals surface area contributed by atoms with Gasteiger partial charge in [-0.25, -0.2) is 0 Å². The van der Waals surface area contributed by atoms with Crippen LogP contribution >= 0.6 is 0 Å². The van der Waals surface area contributed by atoms with Gasteiger partial charge in [-0.2, -0.15) is 0 Å². The molecule has 4 atom stereocenters. The maximum absolute atomic E-state index is 9.76. The number of hydrogen-bond donors (Lipinski definition) is 4. The van der Waals surface area contributed by atoms with Crippen molar-refractivity contribution in [2.45, 2.75) is 109 Å². The van der Waals surface area contributed by atoms with Gasteiger partial charge in [0, 0.05) is 0 Å². The number of aliphatic hydroxyl groups excluding tert-OH is 3. The Balaban J connectivity index is 3.30. The molecule has 0 saturated heterocycles. The molecule has 0 aliphatic rings. The fraction of sp³-hybridized carbons (Fsp3) is 1.00. The van der Waals surface area contributed by atoms with Gasteiger partial charge in [0.1, 0.15) is 0 Å². The fourth-order valence-electron chi connectivity index (χ4n) is 2.85. The van der Waals surface area contributed by atoms with E-state index in [9.17, 15) is 10.2 Å². The largest absolute Gasteiger partial charge is 0.395 e. The highest BCUT2D eigenvalue weighted by atomic mass is 16.3. The van der Waals surface area contributed by atoms with E-state index in [1.165, 1.54) is 57.8 Å². The summed E-state index contributed by atoms with van der Waals surface area (Å²) in [4.78, 5) is 0. The van der Waals surface area contributed by atoms with Crippen LogP contribution in [0.4, 0.5) is 0 Å². The first-order valence-electron chi connectivity index (χ1n) is 9.75. The highest BCUT2D eigenvalue weighted by molar-refractivity contribution is 4.77. The van der Waals surface area contributed by atoms with Crippen LogP contribution in [0.15, 0.2) is 0 Å². The Morgan fingerprint density at radius 2 is 1.22 bits per heavy atom. The topological polar surface area (TPSA) is 86.7 Å². The van der Waals surface area contributed by atoms with Crippen molar-refractivity contribution in [1.29, 1.82) is 0 Å². The van der Waals surface area contributed by atoms with E-state index in [0.717, 1.165) is 18.8 Å². The van der Waals surface area contributed by atoms with Gasteiger partial charge >= 0.3 is 0 Å². The molecule has 0 bridgehead atoms. The zero-order chi connectivity index (χ0) is 17.5. The molecule has 4 heteroatoms. The molecule has 0 saturated carbocycles. The summed E-state index contributed by atoms with van der Waals surface area (Å²) in [6, 6.07) is -0.745. The molecule has 23 heavy (non-hydrogen) atoms. The van der Waals surface area contributed by atoms with Crippen LogP contribution in [0.25, 0.3) is 0 Å². The summed E-state index contributed by atoms with van der Waals surface area (Å²) >= 11 is 0. The van der Waals surface area contributed by atoms with E-state index < -0.39 is 18.2 Å². The predicted octanol–water partition coefficient (Wildman–Crippen LogP) is 3.37. The Bertz CT molecular complexity index is 251. The Kier molecular flexibility index (Phi) is 15.3. The predicted molar refractivity (Wildman–Crippen MR) is 97.3 cm³/mol. The maximum Gasteiger partial charge on any atom is 0.0971 e. The smallest absolute Gasteiger partial charge is 0.0971 e. The first kappa shape index (κ1) is 22.8. The second kappa shape index (κ2) is 15.4. The molecule has 0 aromatic heterocycles. The lowest BCUT2D eigenvalue weighted by Crippen LogP contribution is -2.45. The highest BCUT2D eigenvalue weighted by Crippen LogP contribution is 2.16. The fourth-order valence-corrected chi connectivity index (χ4v) is 2.85. The molecule has 0 heterocycles. The van der Waals surface area contributed by atoms with E-state index in [0.29, 0.717) is 6.42 Å². The summed E-state index contributed by atoms with van der Waals surface area (Å²) in [7, 11) is 0. The summed E-state index contributed by atoms with van der Waals surface area (Å²) in [6.45, 7) is 4.31. The molecule has 0 aliphatic carbocycles. The van der Waals surface area contributed by atoms with E-state index in [1.807, 2.05) is 0 Å². The minimum absolute atomic E-state index is 0.296. The Morgan fingerprint density at radius 3 is 1.65 bits per heavy atom.